The van der Waals surface area contributed by atoms with Gasteiger partial charge in [0.15, 0.2) is 0 Å². The number of halogens is 1. The molecule has 0 aliphatic rings. The van der Waals surface area contributed by atoms with E-state index in [1.54, 1.807) is 38.5 Å². The highest BCUT2D eigenvalue weighted by Gasteiger charge is 2.29. The minimum atomic E-state index is -4.02. The zero-order valence-electron chi connectivity index (χ0n) is 15.8. The van der Waals surface area contributed by atoms with Crippen LogP contribution in [-0.4, -0.2) is 23.2 Å². The Labute approximate surface area is 157 Å². The maximum absolute atomic E-state index is 14.1. The molecule has 3 aromatic rings. The van der Waals surface area contributed by atoms with Crippen molar-refractivity contribution in [1.29, 1.82) is 0 Å². The van der Waals surface area contributed by atoms with E-state index in [1.807, 2.05) is 6.92 Å². The van der Waals surface area contributed by atoms with E-state index < -0.39 is 15.8 Å². The van der Waals surface area contributed by atoms with Gasteiger partial charge in [-0.25, -0.2) is 12.8 Å². The number of sulfonamides is 1. The number of rotatable bonds is 5. The molecular weight excluding hydrogens is 371 g/mol. The van der Waals surface area contributed by atoms with Crippen LogP contribution >= 0.6 is 0 Å². The van der Waals surface area contributed by atoms with Crippen LogP contribution in [0.15, 0.2) is 27.5 Å². The minimum absolute atomic E-state index is 0.0659. The topological polar surface area (TPSA) is 90.0 Å². The SMILES string of the molecule is CCc1nnc(-c2c(C)c(S(=O)(=O)Nc3ccc(C)cc3F)c(C)n2C)o1. The summed E-state index contributed by atoms with van der Waals surface area (Å²) in [6, 6.07) is 4.32. The summed E-state index contributed by atoms with van der Waals surface area (Å²) in [5.74, 6) is 0.0833. The second-order valence-corrected chi connectivity index (χ2v) is 8.01. The number of hydrogen-bond acceptors (Lipinski definition) is 5. The van der Waals surface area contributed by atoms with E-state index in [0.29, 0.717) is 34.8 Å². The number of aryl methyl sites for hydroxylation is 2. The van der Waals surface area contributed by atoms with Gasteiger partial charge in [0.25, 0.3) is 15.9 Å². The molecule has 2 aromatic heterocycles. The Morgan fingerprint density at radius 3 is 2.52 bits per heavy atom. The molecule has 0 spiro atoms. The molecule has 144 valence electrons. The fourth-order valence-corrected chi connectivity index (χ4v) is 4.62. The Morgan fingerprint density at radius 2 is 1.93 bits per heavy atom. The third kappa shape index (κ3) is 3.34. The molecule has 2 heterocycles. The van der Waals surface area contributed by atoms with Crippen LogP contribution in [0, 0.1) is 26.6 Å². The van der Waals surface area contributed by atoms with Crippen molar-refractivity contribution in [3.8, 4) is 11.6 Å². The van der Waals surface area contributed by atoms with Crippen LogP contribution in [-0.2, 0) is 23.5 Å². The van der Waals surface area contributed by atoms with Crippen LogP contribution in [0.3, 0.4) is 0 Å². The van der Waals surface area contributed by atoms with Crippen molar-refractivity contribution < 1.29 is 17.2 Å². The van der Waals surface area contributed by atoms with E-state index in [1.165, 1.54) is 12.1 Å². The Hall–Kier alpha value is -2.68. The van der Waals surface area contributed by atoms with Gasteiger partial charge in [0, 0.05) is 24.7 Å². The molecule has 0 atom stereocenters. The summed E-state index contributed by atoms with van der Waals surface area (Å²) >= 11 is 0. The average Bonchev–Trinajstić information content (AvgIpc) is 3.13. The van der Waals surface area contributed by atoms with E-state index in [9.17, 15) is 12.8 Å². The third-order valence-corrected chi connectivity index (χ3v) is 6.10. The number of hydrogen-bond donors (Lipinski definition) is 1. The summed E-state index contributed by atoms with van der Waals surface area (Å²) in [6.45, 7) is 6.95. The van der Waals surface area contributed by atoms with Crippen molar-refractivity contribution in [2.75, 3.05) is 4.72 Å². The molecule has 0 saturated carbocycles. The Morgan fingerprint density at radius 1 is 1.22 bits per heavy atom. The lowest BCUT2D eigenvalue weighted by molar-refractivity contribution is 0.508. The first-order valence-corrected chi connectivity index (χ1v) is 9.91. The molecule has 0 saturated heterocycles. The smallest absolute Gasteiger partial charge is 0.264 e. The zero-order chi connectivity index (χ0) is 19.9. The average molecular weight is 392 g/mol. The van der Waals surface area contributed by atoms with Crippen molar-refractivity contribution in [3.63, 3.8) is 0 Å². The molecular formula is C18H21FN4O3S. The van der Waals surface area contributed by atoms with Gasteiger partial charge in [-0.2, -0.15) is 0 Å². The van der Waals surface area contributed by atoms with Crippen LogP contribution in [0.4, 0.5) is 10.1 Å². The van der Waals surface area contributed by atoms with Gasteiger partial charge in [-0.15, -0.1) is 10.2 Å². The largest absolute Gasteiger partial charge is 0.419 e. The van der Waals surface area contributed by atoms with E-state index >= 15 is 0 Å². The summed E-state index contributed by atoms with van der Waals surface area (Å²) in [6.07, 6.45) is 0.578. The lowest BCUT2D eigenvalue weighted by Gasteiger charge is -2.10. The van der Waals surface area contributed by atoms with Gasteiger partial charge in [-0.3, -0.25) is 4.72 Å². The summed E-state index contributed by atoms with van der Waals surface area (Å²) in [7, 11) is -2.30. The number of nitrogens with zero attached hydrogens (tertiary/aromatic N) is 3. The first-order chi connectivity index (χ1) is 12.7. The van der Waals surface area contributed by atoms with Crippen molar-refractivity contribution in [2.45, 2.75) is 39.0 Å². The van der Waals surface area contributed by atoms with Gasteiger partial charge in [-0.05, 0) is 38.5 Å². The lowest BCUT2D eigenvalue weighted by Crippen LogP contribution is -2.15. The number of aromatic nitrogens is 3. The van der Waals surface area contributed by atoms with Gasteiger partial charge >= 0.3 is 0 Å². The maximum atomic E-state index is 14.1. The fraction of sp³-hybridized carbons (Fsp3) is 0.333. The van der Waals surface area contributed by atoms with Crippen molar-refractivity contribution in [3.05, 3.63) is 46.7 Å². The second kappa shape index (κ2) is 6.80. The lowest BCUT2D eigenvalue weighted by atomic mass is 10.2. The van der Waals surface area contributed by atoms with Crippen LogP contribution in [0.2, 0.25) is 0 Å². The number of anilines is 1. The molecule has 0 radical (unpaired) electrons. The molecule has 0 bridgehead atoms. The Kier molecular flexibility index (Phi) is 4.81. The first-order valence-electron chi connectivity index (χ1n) is 8.43. The van der Waals surface area contributed by atoms with Crippen LogP contribution in [0.25, 0.3) is 11.6 Å². The fourth-order valence-electron chi connectivity index (χ4n) is 3.04. The van der Waals surface area contributed by atoms with Gasteiger partial charge in [0.05, 0.1) is 5.69 Å². The Balaban J connectivity index is 2.09. The number of nitrogens with one attached hydrogen (secondary N) is 1. The maximum Gasteiger partial charge on any atom is 0.264 e. The second-order valence-electron chi connectivity index (χ2n) is 6.39. The van der Waals surface area contributed by atoms with E-state index in [2.05, 4.69) is 14.9 Å². The van der Waals surface area contributed by atoms with Crippen LogP contribution in [0.1, 0.15) is 29.6 Å². The Bertz CT molecular complexity index is 1120. The predicted molar refractivity (Wildman–Crippen MR) is 99.5 cm³/mol. The summed E-state index contributed by atoms with van der Waals surface area (Å²) in [5.41, 5.74) is 2.06. The highest BCUT2D eigenvalue weighted by molar-refractivity contribution is 7.92. The van der Waals surface area contributed by atoms with Gasteiger partial charge in [-0.1, -0.05) is 13.0 Å². The van der Waals surface area contributed by atoms with Gasteiger partial charge in [0.2, 0.25) is 5.89 Å². The van der Waals surface area contributed by atoms with E-state index in [-0.39, 0.29) is 16.5 Å². The zero-order valence-corrected chi connectivity index (χ0v) is 16.6. The quantitative estimate of drug-likeness (QED) is 0.718. The molecule has 3 rings (SSSR count). The summed E-state index contributed by atoms with van der Waals surface area (Å²) < 4.78 is 49.7. The first kappa shape index (κ1) is 19.1. The molecule has 0 amide bonds. The standard InChI is InChI=1S/C18H21FN4O3S/c1-6-15-20-21-18(26-15)16-11(3)17(12(4)23(16)5)27(24,25)22-14-8-7-10(2)9-13(14)19/h7-9,22H,6H2,1-5H3. The van der Waals surface area contributed by atoms with Crippen LogP contribution < -0.4 is 4.72 Å². The molecule has 1 aromatic carbocycles. The van der Waals surface area contributed by atoms with E-state index in [4.69, 9.17) is 4.42 Å². The predicted octanol–water partition coefficient (Wildman–Crippen LogP) is 3.50. The molecule has 7 nitrogen and oxygen atoms in total. The number of benzene rings is 1. The molecule has 27 heavy (non-hydrogen) atoms. The molecule has 0 aliphatic heterocycles. The molecule has 0 unspecified atom stereocenters. The van der Waals surface area contributed by atoms with Crippen molar-refractivity contribution >= 4 is 15.7 Å². The van der Waals surface area contributed by atoms with Crippen molar-refractivity contribution in [2.24, 2.45) is 7.05 Å². The van der Waals surface area contributed by atoms with Gasteiger partial charge < -0.3 is 8.98 Å². The summed E-state index contributed by atoms with van der Waals surface area (Å²) in [5, 5.41) is 7.95. The molecule has 9 heteroatoms. The normalized spacial score (nSPS) is 11.8. The van der Waals surface area contributed by atoms with Crippen LogP contribution in [0.5, 0.6) is 0 Å². The highest BCUT2D eigenvalue weighted by atomic mass is 32.2. The highest BCUT2D eigenvalue weighted by Crippen LogP contribution is 2.33. The summed E-state index contributed by atoms with van der Waals surface area (Å²) in [4.78, 5) is 0.0659. The monoisotopic (exact) mass is 392 g/mol. The van der Waals surface area contributed by atoms with Crippen molar-refractivity contribution in [1.82, 2.24) is 14.8 Å². The van der Waals surface area contributed by atoms with E-state index in [0.717, 1.165) is 0 Å². The minimum Gasteiger partial charge on any atom is -0.419 e. The molecule has 1 N–H and O–H groups in total. The molecule has 0 fully saturated rings. The van der Waals surface area contributed by atoms with Gasteiger partial charge in [0.1, 0.15) is 16.4 Å². The third-order valence-electron chi connectivity index (χ3n) is 4.47. The molecule has 0 aliphatic carbocycles.